The maximum Gasteiger partial charge on any atom is 0.304 e. The SMILES string of the molecule is O=C(O)CC1CS(=O)(=O)CCN1Cc1cc(F)ccc1O. The molecule has 1 unspecified atom stereocenters. The summed E-state index contributed by atoms with van der Waals surface area (Å²) in [5.41, 5.74) is 0.310. The number of halogens is 1. The Morgan fingerprint density at radius 2 is 2.14 bits per heavy atom. The van der Waals surface area contributed by atoms with Gasteiger partial charge in [-0.25, -0.2) is 12.8 Å². The van der Waals surface area contributed by atoms with E-state index >= 15 is 0 Å². The predicted octanol–water partition coefficient (Wildman–Crippen LogP) is 0.605. The molecule has 0 radical (unpaired) electrons. The molecule has 0 amide bonds. The van der Waals surface area contributed by atoms with Crippen LogP contribution in [0.1, 0.15) is 12.0 Å². The Hall–Kier alpha value is -1.67. The van der Waals surface area contributed by atoms with Gasteiger partial charge < -0.3 is 10.2 Å². The van der Waals surface area contributed by atoms with Crippen molar-refractivity contribution in [2.75, 3.05) is 18.1 Å². The molecule has 1 aliphatic heterocycles. The van der Waals surface area contributed by atoms with Gasteiger partial charge >= 0.3 is 5.97 Å². The second kappa shape index (κ2) is 5.98. The zero-order chi connectivity index (χ0) is 15.6. The Morgan fingerprint density at radius 1 is 1.43 bits per heavy atom. The molecule has 0 aliphatic carbocycles. The highest BCUT2D eigenvalue weighted by molar-refractivity contribution is 7.91. The number of aliphatic carboxylic acids is 1. The molecule has 2 N–H and O–H groups in total. The van der Waals surface area contributed by atoms with Crippen LogP contribution in [-0.2, 0) is 21.2 Å². The number of benzene rings is 1. The number of phenolic OH excluding ortho intramolecular Hbond substituents is 1. The molecular formula is C13H16FNO5S. The monoisotopic (exact) mass is 317 g/mol. The summed E-state index contributed by atoms with van der Waals surface area (Å²) >= 11 is 0. The lowest BCUT2D eigenvalue weighted by Crippen LogP contribution is -2.48. The number of sulfone groups is 1. The average Bonchev–Trinajstić information content (AvgIpc) is 2.35. The molecular weight excluding hydrogens is 301 g/mol. The van der Waals surface area contributed by atoms with E-state index in [2.05, 4.69) is 0 Å². The summed E-state index contributed by atoms with van der Waals surface area (Å²) < 4.78 is 36.5. The van der Waals surface area contributed by atoms with Gasteiger partial charge in [-0.3, -0.25) is 9.69 Å². The van der Waals surface area contributed by atoms with Gasteiger partial charge in [0, 0.05) is 24.7 Å². The Labute approximate surface area is 121 Å². The highest BCUT2D eigenvalue weighted by Crippen LogP contribution is 2.23. The van der Waals surface area contributed by atoms with Crippen LogP contribution in [0, 0.1) is 5.82 Å². The minimum Gasteiger partial charge on any atom is -0.508 e. The zero-order valence-corrected chi connectivity index (χ0v) is 12.0. The summed E-state index contributed by atoms with van der Waals surface area (Å²) in [5, 5.41) is 18.6. The molecule has 1 aliphatic rings. The van der Waals surface area contributed by atoms with E-state index in [1.54, 1.807) is 4.90 Å². The number of hydrogen-bond donors (Lipinski definition) is 2. The molecule has 1 saturated heterocycles. The summed E-state index contributed by atoms with van der Waals surface area (Å²) in [6.07, 6.45) is -0.310. The topological polar surface area (TPSA) is 94.9 Å². The van der Waals surface area contributed by atoms with Gasteiger partial charge in [-0.2, -0.15) is 0 Å². The van der Waals surface area contributed by atoms with E-state index in [0.717, 1.165) is 12.1 Å². The van der Waals surface area contributed by atoms with Crippen LogP contribution in [0.15, 0.2) is 18.2 Å². The molecule has 116 valence electrons. The van der Waals surface area contributed by atoms with Crippen molar-refractivity contribution in [3.63, 3.8) is 0 Å². The molecule has 0 aromatic heterocycles. The van der Waals surface area contributed by atoms with Crippen molar-refractivity contribution in [2.24, 2.45) is 0 Å². The van der Waals surface area contributed by atoms with Crippen LogP contribution in [0.4, 0.5) is 4.39 Å². The van der Waals surface area contributed by atoms with E-state index in [4.69, 9.17) is 5.11 Å². The lowest BCUT2D eigenvalue weighted by molar-refractivity contribution is -0.138. The first-order valence-electron chi connectivity index (χ1n) is 6.40. The summed E-state index contributed by atoms with van der Waals surface area (Å²) in [6.45, 7) is 0.271. The number of hydrogen-bond acceptors (Lipinski definition) is 5. The second-order valence-corrected chi connectivity index (χ2v) is 7.34. The number of nitrogens with zero attached hydrogens (tertiary/aromatic N) is 1. The van der Waals surface area contributed by atoms with E-state index in [1.165, 1.54) is 6.07 Å². The number of aromatic hydroxyl groups is 1. The fraction of sp³-hybridized carbons (Fsp3) is 0.462. The lowest BCUT2D eigenvalue weighted by Gasteiger charge is -2.34. The fourth-order valence-electron chi connectivity index (χ4n) is 2.42. The molecule has 1 fully saturated rings. The number of rotatable bonds is 4. The first kappa shape index (κ1) is 15.7. The standard InChI is InChI=1S/C13H16FNO5S/c14-10-1-2-12(16)9(5-10)7-15-3-4-21(19,20)8-11(15)6-13(17)18/h1-2,5,11,16H,3-4,6-8H2,(H,17,18). The fourth-order valence-corrected chi connectivity index (χ4v) is 4.01. The van der Waals surface area contributed by atoms with Crippen LogP contribution in [0.2, 0.25) is 0 Å². The summed E-state index contributed by atoms with van der Waals surface area (Å²) in [4.78, 5) is 12.5. The van der Waals surface area contributed by atoms with E-state index in [0.29, 0.717) is 5.56 Å². The smallest absolute Gasteiger partial charge is 0.304 e. The van der Waals surface area contributed by atoms with Crippen molar-refractivity contribution in [1.82, 2.24) is 4.90 Å². The van der Waals surface area contributed by atoms with Gasteiger partial charge in [-0.1, -0.05) is 0 Å². The van der Waals surface area contributed by atoms with Crippen LogP contribution < -0.4 is 0 Å². The number of phenols is 1. The highest BCUT2D eigenvalue weighted by atomic mass is 32.2. The molecule has 6 nitrogen and oxygen atoms in total. The van der Waals surface area contributed by atoms with Crippen LogP contribution in [0.5, 0.6) is 5.75 Å². The van der Waals surface area contributed by atoms with Gasteiger partial charge in [0.1, 0.15) is 11.6 Å². The van der Waals surface area contributed by atoms with E-state index in [-0.39, 0.29) is 36.8 Å². The Balaban J connectivity index is 2.20. The van der Waals surface area contributed by atoms with Gasteiger partial charge in [0.25, 0.3) is 0 Å². The van der Waals surface area contributed by atoms with E-state index in [1.807, 2.05) is 0 Å². The number of carboxylic acids is 1. The predicted molar refractivity (Wildman–Crippen MR) is 73.2 cm³/mol. The third-order valence-electron chi connectivity index (χ3n) is 3.48. The van der Waals surface area contributed by atoms with Gasteiger partial charge in [0.05, 0.1) is 17.9 Å². The van der Waals surface area contributed by atoms with Crippen molar-refractivity contribution in [1.29, 1.82) is 0 Å². The first-order valence-corrected chi connectivity index (χ1v) is 8.22. The molecule has 0 saturated carbocycles. The highest BCUT2D eigenvalue weighted by Gasteiger charge is 2.32. The number of carboxylic acid groups (broad SMARTS) is 1. The average molecular weight is 317 g/mol. The largest absolute Gasteiger partial charge is 0.508 e. The van der Waals surface area contributed by atoms with Crippen molar-refractivity contribution in [2.45, 2.75) is 19.0 Å². The van der Waals surface area contributed by atoms with Crippen LogP contribution >= 0.6 is 0 Å². The summed E-state index contributed by atoms with van der Waals surface area (Å²) in [6, 6.07) is 2.83. The maximum atomic E-state index is 13.2. The zero-order valence-electron chi connectivity index (χ0n) is 11.2. The molecule has 1 heterocycles. The van der Waals surface area contributed by atoms with Crippen molar-refractivity contribution >= 4 is 15.8 Å². The summed E-state index contributed by atoms with van der Waals surface area (Å²) in [7, 11) is -3.26. The third-order valence-corrected chi connectivity index (χ3v) is 5.17. The van der Waals surface area contributed by atoms with Crippen molar-refractivity contribution in [3.8, 4) is 5.75 Å². The van der Waals surface area contributed by atoms with Gasteiger partial charge in [-0.05, 0) is 18.2 Å². The van der Waals surface area contributed by atoms with Crippen molar-refractivity contribution in [3.05, 3.63) is 29.6 Å². The molecule has 1 atom stereocenters. The molecule has 0 bridgehead atoms. The molecule has 8 heteroatoms. The van der Waals surface area contributed by atoms with Crippen LogP contribution in [0.3, 0.4) is 0 Å². The molecule has 1 aromatic rings. The molecule has 0 spiro atoms. The van der Waals surface area contributed by atoms with Crippen LogP contribution in [0.25, 0.3) is 0 Å². The van der Waals surface area contributed by atoms with Crippen molar-refractivity contribution < 1.29 is 27.8 Å². The van der Waals surface area contributed by atoms with E-state index in [9.17, 15) is 22.7 Å². The Morgan fingerprint density at radius 3 is 2.81 bits per heavy atom. The Kier molecular flexibility index (Phi) is 4.48. The minimum absolute atomic E-state index is 0.0702. The van der Waals surface area contributed by atoms with Gasteiger partial charge in [-0.15, -0.1) is 0 Å². The maximum absolute atomic E-state index is 13.2. The second-order valence-electron chi connectivity index (χ2n) is 5.11. The third kappa shape index (κ3) is 4.15. The first-order chi connectivity index (χ1) is 9.77. The van der Waals surface area contributed by atoms with Gasteiger partial charge in [0.2, 0.25) is 0 Å². The number of carbonyl (C=O) groups is 1. The molecule has 1 aromatic carbocycles. The quantitative estimate of drug-likeness (QED) is 0.845. The van der Waals surface area contributed by atoms with Crippen LogP contribution in [-0.4, -0.2) is 53.6 Å². The minimum atomic E-state index is -3.26. The lowest BCUT2D eigenvalue weighted by atomic mass is 10.1. The molecule has 21 heavy (non-hydrogen) atoms. The normalized spacial score (nSPS) is 22.0. The molecule has 2 rings (SSSR count). The summed E-state index contributed by atoms with van der Waals surface area (Å²) in [5.74, 6) is -2.01. The Bertz CT molecular complexity index is 646. The van der Waals surface area contributed by atoms with E-state index < -0.39 is 27.7 Å². The van der Waals surface area contributed by atoms with Gasteiger partial charge in [0.15, 0.2) is 9.84 Å².